The molecule has 140 valence electrons. The fraction of sp³-hybridized carbons (Fsp3) is 0.778. The van der Waals surface area contributed by atoms with Gasteiger partial charge in [-0.3, -0.25) is 19.3 Å². The lowest BCUT2D eigenvalue weighted by atomic mass is 10.0. The molecule has 3 rings (SSSR count). The first-order valence-corrected chi connectivity index (χ1v) is 9.28. The Bertz CT molecular complexity index is 580. The van der Waals surface area contributed by atoms with Crippen molar-refractivity contribution < 1.29 is 9.53 Å². The Balaban J connectivity index is 1.50. The number of carbonyl (C=O) groups excluding carboxylic acids is 1. The van der Waals surface area contributed by atoms with E-state index >= 15 is 0 Å². The molecule has 1 atom stereocenters. The first-order chi connectivity index (χ1) is 12.0. The molecule has 25 heavy (non-hydrogen) atoms. The standard InChI is InChI=1S/C18H31N5O2/c1-18(2,23-7-9-25-10-8-23)14-19-17(24)13-22-6-4-5-16(22)15-11-20-21(3)12-15/h11-12,16H,4-10,13-14H2,1-3H3,(H,19,24). The summed E-state index contributed by atoms with van der Waals surface area (Å²) in [6, 6.07) is 0.312. The molecule has 2 saturated heterocycles. The molecule has 0 bridgehead atoms. The third kappa shape index (κ3) is 4.59. The second-order valence-electron chi connectivity index (χ2n) is 7.76. The Morgan fingerprint density at radius 1 is 1.36 bits per heavy atom. The van der Waals surface area contributed by atoms with Crippen LogP contribution in [0.3, 0.4) is 0 Å². The molecular weight excluding hydrogens is 318 g/mol. The van der Waals surface area contributed by atoms with E-state index < -0.39 is 0 Å². The molecule has 7 nitrogen and oxygen atoms in total. The van der Waals surface area contributed by atoms with Gasteiger partial charge in [0.1, 0.15) is 0 Å². The average molecular weight is 349 g/mol. The number of nitrogens with zero attached hydrogens (tertiary/aromatic N) is 4. The maximum atomic E-state index is 12.5. The summed E-state index contributed by atoms with van der Waals surface area (Å²) in [7, 11) is 1.93. The van der Waals surface area contributed by atoms with Gasteiger partial charge in [0.05, 0.1) is 26.0 Å². The van der Waals surface area contributed by atoms with Crippen molar-refractivity contribution in [2.75, 3.05) is 45.9 Å². The second-order valence-corrected chi connectivity index (χ2v) is 7.76. The van der Waals surface area contributed by atoms with E-state index in [1.165, 1.54) is 5.56 Å². The predicted molar refractivity (Wildman–Crippen MR) is 96.2 cm³/mol. The molecule has 1 amide bonds. The summed E-state index contributed by atoms with van der Waals surface area (Å²) in [5.74, 6) is 0.108. The van der Waals surface area contributed by atoms with E-state index in [2.05, 4.69) is 40.3 Å². The van der Waals surface area contributed by atoms with Gasteiger partial charge in [0, 0.05) is 50.0 Å². The van der Waals surface area contributed by atoms with E-state index in [9.17, 15) is 4.79 Å². The lowest BCUT2D eigenvalue weighted by molar-refractivity contribution is -0.123. The number of aromatic nitrogens is 2. The largest absolute Gasteiger partial charge is 0.379 e. The van der Waals surface area contributed by atoms with Crippen molar-refractivity contribution in [1.82, 2.24) is 24.9 Å². The molecule has 1 unspecified atom stereocenters. The van der Waals surface area contributed by atoms with Crippen molar-refractivity contribution in [1.29, 1.82) is 0 Å². The average Bonchev–Trinajstić information content (AvgIpc) is 3.22. The topological polar surface area (TPSA) is 62.6 Å². The van der Waals surface area contributed by atoms with Crippen LogP contribution in [0, 0.1) is 0 Å². The highest BCUT2D eigenvalue weighted by Crippen LogP contribution is 2.31. The van der Waals surface area contributed by atoms with Crippen LogP contribution in [0.2, 0.25) is 0 Å². The molecule has 7 heteroatoms. The zero-order valence-electron chi connectivity index (χ0n) is 15.7. The lowest BCUT2D eigenvalue weighted by Gasteiger charge is -2.41. The van der Waals surface area contributed by atoms with E-state index in [-0.39, 0.29) is 11.4 Å². The summed E-state index contributed by atoms with van der Waals surface area (Å²) in [4.78, 5) is 17.2. The highest BCUT2D eigenvalue weighted by atomic mass is 16.5. The van der Waals surface area contributed by atoms with E-state index in [4.69, 9.17) is 4.74 Å². The van der Waals surface area contributed by atoms with E-state index in [1.54, 1.807) is 0 Å². The number of likely N-dealkylation sites (tertiary alicyclic amines) is 1. The fourth-order valence-corrected chi connectivity index (χ4v) is 3.84. The maximum Gasteiger partial charge on any atom is 0.234 e. The highest BCUT2D eigenvalue weighted by molar-refractivity contribution is 5.78. The first kappa shape index (κ1) is 18.4. The quantitative estimate of drug-likeness (QED) is 0.822. The van der Waals surface area contributed by atoms with Gasteiger partial charge in [-0.25, -0.2) is 0 Å². The number of carbonyl (C=O) groups is 1. The lowest BCUT2D eigenvalue weighted by Crippen LogP contribution is -2.56. The van der Waals surface area contributed by atoms with Crippen LogP contribution >= 0.6 is 0 Å². The minimum absolute atomic E-state index is 0.0484. The number of morpholine rings is 1. The van der Waals surface area contributed by atoms with Crippen molar-refractivity contribution >= 4 is 5.91 Å². The maximum absolute atomic E-state index is 12.5. The third-order valence-electron chi connectivity index (χ3n) is 5.41. The highest BCUT2D eigenvalue weighted by Gasteiger charge is 2.31. The fourth-order valence-electron chi connectivity index (χ4n) is 3.84. The molecule has 0 radical (unpaired) electrons. The summed E-state index contributed by atoms with van der Waals surface area (Å²) >= 11 is 0. The number of amides is 1. The van der Waals surface area contributed by atoms with Gasteiger partial charge in [-0.15, -0.1) is 0 Å². The Morgan fingerprint density at radius 2 is 2.12 bits per heavy atom. The SMILES string of the molecule is Cn1cc(C2CCCN2CC(=O)NCC(C)(C)N2CCOCC2)cn1. The minimum atomic E-state index is -0.0484. The van der Waals surface area contributed by atoms with Crippen molar-refractivity contribution in [3.8, 4) is 0 Å². The molecule has 2 fully saturated rings. The van der Waals surface area contributed by atoms with Crippen molar-refractivity contribution in [3.63, 3.8) is 0 Å². The van der Waals surface area contributed by atoms with E-state index in [0.717, 1.165) is 45.7 Å². The van der Waals surface area contributed by atoms with Crippen molar-refractivity contribution in [2.24, 2.45) is 7.05 Å². The molecule has 0 aromatic carbocycles. The molecule has 0 spiro atoms. The van der Waals surface area contributed by atoms with Gasteiger partial charge < -0.3 is 10.1 Å². The van der Waals surface area contributed by atoms with Gasteiger partial charge in [0.2, 0.25) is 5.91 Å². The van der Waals surface area contributed by atoms with Crippen molar-refractivity contribution in [2.45, 2.75) is 38.3 Å². The normalized spacial score (nSPS) is 23.1. The van der Waals surface area contributed by atoms with Crippen LogP contribution in [0.25, 0.3) is 0 Å². The number of hydrogen-bond donors (Lipinski definition) is 1. The zero-order valence-corrected chi connectivity index (χ0v) is 15.7. The summed E-state index contributed by atoms with van der Waals surface area (Å²) < 4.78 is 7.25. The van der Waals surface area contributed by atoms with Gasteiger partial charge in [-0.2, -0.15) is 5.10 Å². The number of hydrogen-bond acceptors (Lipinski definition) is 5. The summed E-state index contributed by atoms with van der Waals surface area (Å²) in [5, 5.41) is 7.41. The van der Waals surface area contributed by atoms with Crippen molar-refractivity contribution in [3.05, 3.63) is 18.0 Å². The second kappa shape index (κ2) is 7.85. The zero-order chi connectivity index (χ0) is 17.9. The molecule has 1 aromatic rings. The Kier molecular flexibility index (Phi) is 5.76. The number of nitrogens with one attached hydrogen (secondary N) is 1. The molecule has 3 heterocycles. The van der Waals surface area contributed by atoms with Gasteiger partial charge in [-0.05, 0) is 33.2 Å². The Hall–Kier alpha value is -1.44. The van der Waals surface area contributed by atoms with Crippen LogP contribution in [-0.4, -0.2) is 77.0 Å². The number of rotatable bonds is 6. The summed E-state index contributed by atoms with van der Waals surface area (Å²) in [5.41, 5.74) is 1.16. The van der Waals surface area contributed by atoms with Gasteiger partial charge in [-0.1, -0.05) is 0 Å². The summed E-state index contributed by atoms with van der Waals surface area (Å²) in [6.45, 7) is 9.88. The van der Waals surface area contributed by atoms with Gasteiger partial charge in [0.25, 0.3) is 0 Å². The van der Waals surface area contributed by atoms with Crippen LogP contribution in [0.4, 0.5) is 0 Å². The number of aryl methyl sites for hydroxylation is 1. The molecule has 0 saturated carbocycles. The minimum Gasteiger partial charge on any atom is -0.379 e. The molecule has 2 aliphatic heterocycles. The van der Waals surface area contributed by atoms with E-state index in [1.807, 2.05) is 17.9 Å². The number of ether oxygens (including phenoxy) is 1. The third-order valence-corrected chi connectivity index (χ3v) is 5.41. The molecule has 0 aliphatic carbocycles. The molecule has 2 aliphatic rings. The van der Waals surface area contributed by atoms with Crippen LogP contribution < -0.4 is 5.32 Å². The molecular formula is C18H31N5O2. The van der Waals surface area contributed by atoms with Crippen LogP contribution in [0.5, 0.6) is 0 Å². The molecule has 1 N–H and O–H groups in total. The monoisotopic (exact) mass is 349 g/mol. The Morgan fingerprint density at radius 3 is 2.80 bits per heavy atom. The van der Waals surface area contributed by atoms with Crippen LogP contribution in [-0.2, 0) is 16.6 Å². The van der Waals surface area contributed by atoms with Crippen LogP contribution in [0.15, 0.2) is 12.4 Å². The van der Waals surface area contributed by atoms with Crippen LogP contribution in [0.1, 0.15) is 38.3 Å². The van der Waals surface area contributed by atoms with Gasteiger partial charge >= 0.3 is 0 Å². The predicted octanol–water partition coefficient (Wildman–Crippen LogP) is 0.784. The Labute approximate surface area is 150 Å². The van der Waals surface area contributed by atoms with Gasteiger partial charge in [0.15, 0.2) is 0 Å². The smallest absolute Gasteiger partial charge is 0.234 e. The first-order valence-electron chi connectivity index (χ1n) is 9.28. The molecule has 1 aromatic heterocycles. The summed E-state index contributed by atoms with van der Waals surface area (Å²) in [6.07, 6.45) is 6.20. The van der Waals surface area contributed by atoms with E-state index in [0.29, 0.717) is 19.1 Å².